The monoisotopic (exact) mass is 274 g/mol. The zero-order chi connectivity index (χ0) is 10.1. The normalized spacial score (nSPS) is 16.3. The van der Waals surface area contributed by atoms with Crippen molar-refractivity contribution in [2.45, 2.75) is 12.8 Å². The molecule has 0 bridgehead atoms. The van der Waals surface area contributed by atoms with E-state index in [2.05, 4.69) is 20.8 Å². The molecule has 0 aromatic heterocycles. The van der Waals surface area contributed by atoms with Gasteiger partial charge in [0.25, 0.3) is 0 Å². The van der Waals surface area contributed by atoms with Crippen LogP contribution in [0.3, 0.4) is 0 Å². The third kappa shape index (κ3) is 1.84. The summed E-state index contributed by atoms with van der Waals surface area (Å²) in [6.07, 6.45) is 2.49. The lowest BCUT2D eigenvalue weighted by Crippen LogP contribution is -2.18. The number of hydrogen-bond acceptors (Lipinski definition) is 2. The minimum atomic E-state index is 0.699. The van der Waals surface area contributed by atoms with Crippen molar-refractivity contribution in [3.8, 4) is 0 Å². The van der Waals surface area contributed by atoms with Crippen molar-refractivity contribution in [3.63, 3.8) is 0 Å². The van der Waals surface area contributed by atoms with Gasteiger partial charge in [-0.15, -0.1) is 0 Å². The molecule has 1 aliphatic heterocycles. The average molecular weight is 276 g/mol. The van der Waals surface area contributed by atoms with Crippen LogP contribution in [0.4, 0.5) is 11.4 Å². The van der Waals surface area contributed by atoms with Crippen LogP contribution in [-0.2, 0) is 0 Å². The Hall–Kier alpha value is -0.410. The van der Waals surface area contributed by atoms with Crippen LogP contribution < -0.4 is 10.6 Å². The van der Waals surface area contributed by atoms with Crippen LogP contribution in [0.15, 0.2) is 16.6 Å². The van der Waals surface area contributed by atoms with Crippen molar-refractivity contribution in [2.24, 2.45) is 0 Å². The Bertz CT molecular complexity index is 325. The van der Waals surface area contributed by atoms with E-state index in [0.29, 0.717) is 5.69 Å². The number of rotatable bonds is 1. The number of hydrogen-bond donors (Lipinski definition) is 1. The Kier molecular flexibility index (Phi) is 2.88. The lowest BCUT2D eigenvalue weighted by Gasteiger charge is -2.21. The standard InChI is InChI=1S/C10H12BrClN2/c11-8-5-7(13)6-9(12)10(8)14-3-1-2-4-14/h5-6H,1-4,13H2. The van der Waals surface area contributed by atoms with Crippen molar-refractivity contribution in [1.82, 2.24) is 0 Å². The number of anilines is 2. The van der Waals surface area contributed by atoms with Gasteiger partial charge in [-0.3, -0.25) is 0 Å². The summed E-state index contributed by atoms with van der Waals surface area (Å²) in [5, 5.41) is 0.735. The van der Waals surface area contributed by atoms with Gasteiger partial charge in [-0.05, 0) is 40.9 Å². The zero-order valence-corrected chi connectivity index (χ0v) is 10.1. The summed E-state index contributed by atoms with van der Waals surface area (Å²) in [5.41, 5.74) is 7.47. The van der Waals surface area contributed by atoms with Crippen molar-refractivity contribution in [2.75, 3.05) is 23.7 Å². The van der Waals surface area contributed by atoms with Gasteiger partial charge in [-0.25, -0.2) is 0 Å². The number of halogens is 2. The molecule has 76 valence electrons. The van der Waals surface area contributed by atoms with Crippen molar-refractivity contribution in [3.05, 3.63) is 21.6 Å². The van der Waals surface area contributed by atoms with E-state index < -0.39 is 0 Å². The number of benzene rings is 1. The highest BCUT2D eigenvalue weighted by Gasteiger charge is 2.18. The summed E-state index contributed by atoms with van der Waals surface area (Å²) < 4.78 is 0.990. The van der Waals surface area contributed by atoms with Gasteiger partial charge in [-0.2, -0.15) is 0 Å². The molecule has 0 unspecified atom stereocenters. The fourth-order valence-electron chi connectivity index (χ4n) is 1.83. The van der Waals surface area contributed by atoms with Gasteiger partial charge >= 0.3 is 0 Å². The van der Waals surface area contributed by atoms with Crippen LogP contribution in [0.5, 0.6) is 0 Å². The van der Waals surface area contributed by atoms with Crippen molar-refractivity contribution >= 4 is 38.9 Å². The molecule has 4 heteroatoms. The summed E-state index contributed by atoms with van der Waals surface area (Å²) in [5.74, 6) is 0. The van der Waals surface area contributed by atoms with Gasteiger partial charge in [0.1, 0.15) is 0 Å². The maximum atomic E-state index is 6.16. The van der Waals surface area contributed by atoms with Gasteiger partial charge in [0.15, 0.2) is 0 Å². The first-order chi connectivity index (χ1) is 6.68. The molecular weight excluding hydrogens is 263 g/mol. The molecule has 1 saturated heterocycles. The van der Waals surface area contributed by atoms with E-state index in [1.165, 1.54) is 12.8 Å². The molecule has 0 aliphatic carbocycles. The van der Waals surface area contributed by atoms with E-state index in [1.807, 2.05) is 6.07 Å². The molecule has 2 rings (SSSR count). The summed E-state index contributed by atoms with van der Waals surface area (Å²) in [6.45, 7) is 2.17. The van der Waals surface area contributed by atoms with E-state index in [-0.39, 0.29) is 0 Å². The Labute approximate surface area is 97.2 Å². The summed E-state index contributed by atoms with van der Waals surface area (Å²) in [6, 6.07) is 3.71. The van der Waals surface area contributed by atoms with Crippen LogP contribution >= 0.6 is 27.5 Å². The SMILES string of the molecule is Nc1cc(Cl)c(N2CCCC2)c(Br)c1. The summed E-state index contributed by atoms with van der Waals surface area (Å²) in [7, 11) is 0. The average Bonchev–Trinajstić information content (AvgIpc) is 2.54. The van der Waals surface area contributed by atoms with Crippen molar-refractivity contribution in [1.29, 1.82) is 0 Å². The maximum Gasteiger partial charge on any atom is 0.0701 e. The topological polar surface area (TPSA) is 29.3 Å². The molecule has 1 heterocycles. The number of nitrogens with two attached hydrogens (primary N) is 1. The minimum Gasteiger partial charge on any atom is -0.399 e. The fourth-order valence-corrected chi connectivity index (χ4v) is 3.02. The van der Waals surface area contributed by atoms with Crippen LogP contribution in [0.2, 0.25) is 5.02 Å². The Morgan fingerprint density at radius 1 is 1.29 bits per heavy atom. The first kappa shape index (κ1) is 10.1. The van der Waals surface area contributed by atoms with Gasteiger partial charge in [-0.1, -0.05) is 11.6 Å². The first-order valence-electron chi connectivity index (χ1n) is 4.68. The van der Waals surface area contributed by atoms with Gasteiger partial charge < -0.3 is 10.6 Å². The second-order valence-electron chi connectivity index (χ2n) is 3.53. The summed E-state index contributed by atoms with van der Waals surface area (Å²) in [4.78, 5) is 2.30. The predicted octanol–water partition coefficient (Wildman–Crippen LogP) is 3.28. The molecule has 1 aromatic rings. The molecule has 2 nitrogen and oxygen atoms in total. The van der Waals surface area contributed by atoms with E-state index >= 15 is 0 Å². The van der Waals surface area contributed by atoms with E-state index in [1.54, 1.807) is 6.07 Å². The molecule has 0 saturated carbocycles. The molecule has 1 fully saturated rings. The maximum absolute atomic E-state index is 6.16. The minimum absolute atomic E-state index is 0.699. The van der Waals surface area contributed by atoms with E-state index in [9.17, 15) is 0 Å². The smallest absolute Gasteiger partial charge is 0.0701 e. The molecule has 0 atom stereocenters. The molecule has 0 spiro atoms. The number of nitrogen functional groups attached to an aromatic ring is 1. The zero-order valence-electron chi connectivity index (χ0n) is 7.76. The fraction of sp³-hybridized carbons (Fsp3) is 0.400. The third-order valence-corrected chi connectivity index (χ3v) is 3.35. The highest BCUT2D eigenvalue weighted by Crippen LogP contribution is 2.37. The number of nitrogens with zero attached hydrogens (tertiary/aromatic N) is 1. The molecule has 1 aliphatic rings. The molecule has 0 radical (unpaired) electrons. The highest BCUT2D eigenvalue weighted by molar-refractivity contribution is 9.10. The predicted molar refractivity (Wildman–Crippen MR) is 65.0 cm³/mol. The van der Waals surface area contributed by atoms with Crippen LogP contribution in [-0.4, -0.2) is 13.1 Å². The second kappa shape index (κ2) is 3.99. The third-order valence-electron chi connectivity index (χ3n) is 2.46. The van der Waals surface area contributed by atoms with Gasteiger partial charge in [0, 0.05) is 23.2 Å². The van der Waals surface area contributed by atoms with Crippen LogP contribution in [0, 0.1) is 0 Å². The summed E-state index contributed by atoms with van der Waals surface area (Å²) >= 11 is 9.67. The van der Waals surface area contributed by atoms with Crippen molar-refractivity contribution < 1.29 is 0 Å². The molecular formula is C10H12BrClN2. The Morgan fingerprint density at radius 3 is 2.50 bits per heavy atom. The van der Waals surface area contributed by atoms with Crippen LogP contribution in [0.25, 0.3) is 0 Å². The van der Waals surface area contributed by atoms with E-state index in [0.717, 1.165) is 28.3 Å². The first-order valence-corrected chi connectivity index (χ1v) is 5.85. The molecule has 2 N–H and O–H groups in total. The van der Waals surface area contributed by atoms with Crippen LogP contribution in [0.1, 0.15) is 12.8 Å². The molecule has 14 heavy (non-hydrogen) atoms. The lowest BCUT2D eigenvalue weighted by molar-refractivity contribution is 0.949. The Morgan fingerprint density at radius 2 is 1.93 bits per heavy atom. The second-order valence-corrected chi connectivity index (χ2v) is 4.79. The largest absolute Gasteiger partial charge is 0.399 e. The lowest BCUT2D eigenvalue weighted by atomic mass is 10.2. The molecule has 0 amide bonds. The molecule has 1 aromatic carbocycles. The highest BCUT2D eigenvalue weighted by atomic mass is 79.9. The van der Waals surface area contributed by atoms with Gasteiger partial charge in [0.2, 0.25) is 0 Å². The van der Waals surface area contributed by atoms with Gasteiger partial charge in [0.05, 0.1) is 10.7 Å². The Balaban J connectivity index is 2.40. The van der Waals surface area contributed by atoms with E-state index in [4.69, 9.17) is 17.3 Å². The quantitative estimate of drug-likeness (QED) is 0.797.